The molecule has 0 spiro atoms. The summed E-state index contributed by atoms with van der Waals surface area (Å²) in [6.07, 6.45) is 0.880. The van der Waals surface area contributed by atoms with Crippen LogP contribution in [0.25, 0.3) is 0 Å². The van der Waals surface area contributed by atoms with Gasteiger partial charge < -0.3 is 4.79 Å². The number of carbonyl (C=O) groups excluding carboxylic acids is 1. The molecule has 0 amide bonds. The van der Waals surface area contributed by atoms with Gasteiger partial charge in [-0.3, -0.25) is 0 Å². The largest absolute Gasteiger partial charge is 0.301 e. The molecule has 0 aromatic carbocycles. The lowest BCUT2D eigenvalue weighted by molar-refractivity contribution is -0.107. The molecule has 1 rings (SSSR count). The number of hydrazine groups is 1. The first-order valence-corrected chi connectivity index (χ1v) is 3.03. The van der Waals surface area contributed by atoms with Gasteiger partial charge in [-0.05, 0) is 0 Å². The molecule has 0 aliphatic carbocycles. The van der Waals surface area contributed by atoms with E-state index in [9.17, 15) is 4.79 Å². The number of carbonyl (C=O) groups is 1. The van der Waals surface area contributed by atoms with E-state index in [0.717, 1.165) is 12.2 Å². The molecular weight excluding hydrogens is 112 g/mol. The van der Waals surface area contributed by atoms with Crippen molar-refractivity contribution in [2.75, 3.05) is 5.88 Å². The van der Waals surface area contributed by atoms with Crippen molar-refractivity contribution in [1.29, 1.82) is 0 Å². The van der Waals surface area contributed by atoms with Crippen molar-refractivity contribution < 1.29 is 4.79 Å². The average molecular weight is 118 g/mol. The van der Waals surface area contributed by atoms with Crippen molar-refractivity contribution in [3.63, 3.8) is 0 Å². The van der Waals surface area contributed by atoms with Gasteiger partial charge in [0, 0.05) is 0 Å². The third-order valence-electron chi connectivity index (χ3n) is 0.703. The van der Waals surface area contributed by atoms with Gasteiger partial charge in [-0.25, -0.2) is 10.9 Å². The SMILES string of the molecule is O=CC1NNCS1. The number of thioether (sulfide) groups is 1. The van der Waals surface area contributed by atoms with Crippen molar-refractivity contribution in [2.45, 2.75) is 5.37 Å². The maximum absolute atomic E-state index is 9.88. The third kappa shape index (κ3) is 1.15. The fraction of sp³-hybridized carbons (Fsp3) is 0.667. The lowest BCUT2D eigenvalue weighted by atomic mass is 10.8. The summed E-state index contributed by atoms with van der Waals surface area (Å²) >= 11 is 1.55. The Balaban J connectivity index is 2.26. The van der Waals surface area contributed by atoms with Gasteiger partial charge in [-0.1, -0.05) is 0 Å². The minimum Gasteiger partial charge on any atom is -0.301 e. The zero-order valence-corrected chi connectivity index (χ0v) is 4.49. The molecule has 1 atom stereocenters. The molecule has 1 aliphatic rings. The molecule has 1 heterocycles. The van der Waals surface area contributed by atoms with Gasteiger partial charge in [0.05, 0.1) is 5.88 Å². The average Bonchev–Trinajstić information content (AvgIpc) is 2.14. The van der Waals surface area contributed by atoms with E-state index >= 15 is 0 Å². The van der Waals surface area contributed by atoms with Crippen LogP contribution >= 0.6 is 11.8 Å². The van der Waals surface area contributed by atoms with Crippen molar-refractivity contribution >= 4 is 18.0 Å². The molecule has 0 saturated carbocycles. The van der Waals surface area contributed by atoms with Crippen molar-refractivity contribution in [2.24, 2.45) is 0 Å². The monoisotopic (exact) mass is 118 g/mol. The number of hydrogen-bond donors (Lipinski definition) is 2. The first-order valence-electron chi connectivity index (χ1n) is 1.99. The molecule has 3 nitrogen and oxygen atoms in total. The number of rotatable bonds is 1. The molecular formula is C3H6N2OS. The quantitative estimate of drug-likeness (QED) is 0.447. The molecule has 0 aromatic heterocycles. The van der Waals surface area contributed by atoms with Crippen LogP contribution in [0.2, 0.25) is 0 Å². The predicted octanol–water partition coefficient (Wildman–Crippen LogP) is -0.690. The van der Waals surface area contributed by atoms with Crippen LogP contribution in [-0.2, 0) is 4.79 Å². The fourth-order valence-electron chi connectivity index (χ4n) is 0.389. The van der Waals surface area contributed by atoms with Gasteiger partial charge in [0.25, 0.3) is 0 Å². The lowest BCUT2D eigenvalue weighted by Crippen LogP contribution is -2.30. The predicted molar refractivity (Wildman–Crippen MR) is 28.6 cm³/mol. The number of nitrogens with one attached hydrogen (secondary N) is 2. The van der Waals surface area contributed by atoms with Crippen LogP contribution in [0.15, 0.2) is 0 Å². The molecule has 2 N–H and O–H groups in total. The Morgan fingerprint density at radius 1 is 1.86 bits per heavy atom. The maximum Gasteiger partial charge on any atom is 0.148 e. The van der Waals surface area contributed by atoms with Crippen LogP contribution in [0.1, 0.15) is 0 Å². The highest BCUT2D eigenvalue weighted by molar-refractivity contribution is 8.00. The zero-order valence-electron chi connectivity index (χ0n) is 3.68. The minimum atomic E-state index is -0.0278. The summed E-state index contributed by atoms with van der Waals surface area (Å²) in [5.41, 5.74) is 5.56. The molecule has 4 heteroatoms. The van der Waals surface area contributed by atoms with E-state index in [0.29, 0.717) is 0 Å². The summed E-state index contributed by atoms with van der Waals surface area (Å²) in [6, 6.07) is 0. The van der Waals surface area contributed by atoms with Gasteiger partial charge in [0.2, 0.25) is 0 Å². The highest BCUT2D eigenvalue weighted by Crippen LogP contribution is 2.06. The molecule has 0 radical (unpaired) electrons. The molecule has 1 saturated heterocycles. The van der Waals surface area contributed by atoms with E-state index in [1.165, 1.54) is 0 Å². The van der Waals surface area contributed by atoms with E-state index in [2.05, 4.69) is 10.9 Å². The van der Waals surface area contributed by atoms with E-state index < -0.39 is 0 Å². The summed E-state index contributed by atoms with van der Waals surface area (Å²) in [7, 11) is 0. The first-order chi connectivity index (χ1) is 3.43. The molecule has 7 heavy (non-hydrogen) atoms. The van der Waals surface area contributed by atoms with Crippen LogP contribution in [0, 0.1) is 0 Å². The molecule has 1 unspecified atom stereocenters. The normalized spacial score (nSPS) is 30.6. The summed E-state index contributed by atoms with van der Waals surface area (Å²) < 4.78 is 0. The number of hydrogen-bond acceptors (Lipinski definition) is 4. The summed E-state index contributed by atoms with van der Waals surface area (Å²) in [5.74, 6) is 0.823. The lowest BCUT2D eigenvalue weighted by Gasteiger charge is -1.92. The standard InChI is InChI=1S/C3H6N2OS/c6-1-3-5-4-2-7-3/h1,3-5H,2H2. The van der Waals surface area contributed by atoms with E-state index in [1.807, 2.05) is 0 Å². The van der Waals surface area contributed by atoms with Crippen LogP contribution in [0.5, 0.6) is 0 Å². The summed E-state index contributed by atoms with van der Waals surface area (Å²) in [5, 5.41) is -0.0278. The van der Waals surface area contributed by atoms with E-state index in [1.54, 1.807) is 11.8 Å². The Labute approximate surface area is 45.8 Å². The van der Waals surface area contributed by atoms with Crippen LogP contribution in [0.4, 0.5) is 0 Å². The second-order valence-corrected chi connectivity index (χ2v) is 2.32. The topological polar surface area (TPSA) is 41.1 Å². The Kier molecular flexibility index (Phi) is 1.67. The van der Waals surface area contributed by atoms with Crippen molar-refractivity contribution in [3.8, 4) is 0 Å². The van der Waals surface area contributed by atoms with Gasteiger partial charge in [0.15, 0.2) is 0 Å². The van der Waals surface area contributed by atoms with Crippen LogP contribution in [-0.4, -0.2) is 17.5 Å². The van der Waals surface area contributed by atoms with Crippen LogP contribution < -0.4 is 10.9 Å². The second-order valence-electron chi connectivity index (χ2n) is 1.19. The Bertz CT molecular complexity index is 71.3. The zero-order chi connectivity index (χ0) is 5.11. The Morgan fingerprint density at radius 2 is 2.71 bits per heavy atom. The Morgan fingerprint density at radius 3 is 3.00 bits per heavy atom. The highest BCUT2D eigenvalue weighted by atomic mass is 32.2. The fourth-order valence-corrected chi connectivity index (χ4v) is 0.980. The smallest absolute Gasteiger partial charge is 0.148 e. The van der Waals surface area contributed by atoms with E-state index in [4.69, 9.17) is 0 Å². The summed E-state index contributed by atoms with van der Waals surface area (Å²) in [4.78, 5) is 9.88. The minimum absolute atomic E-state index is 0.0278. The highest BCUT2D eigenvalue weighted by Gasteiger charge is 2.10. The van der Waals surface area contributed by atoms with Gasteiger partial charge >= 0.3 is 0 Å². The summed E-state index contributed by atoms with van der Waals surface area (Å²) in [6.45, 7) is 0. The first kappa shape index (κ1) is 5.08. The molecule has 0 aromatic rings. The van der Waals surface area contributed by atoms with Crippen LogP contribution in [0.3, 0.4) is 0 Å². The number of aldehydes is 1. The maximum atomic E-state index is 9.88. The van der Waals surface area contributed by atoms with Crippen molar-refractivity contribution in [3.05, 3.63) is 0 Å². The second kappa shape index (κ2) is 2.30. The van der Waals surface area contributed by atoms with Gasteiger partial charge in [0.1, 0.15) is 11.7 Å². The molecule has 40 valence electrons. The molecule has 1 aliphatic heterocycles. The van der Waals surface area contributed by atoms with Crippen molar-refractivity contribution in [1.82, 2.24) is 10.9 Å². The molecule has 1 fully saturated rings. The van der Waals surface area contributed by atoms with Gasteiger partial charge in [-0.2, -0.15) is 0 Å². The third-order valence-corrected chi connectivity index (χ3v) is 1.60. The van der Waals surface area contributed by atoms with E-state index in [-0.39, 0.29) is 5.37 Å². The van der Waals surface area contributed by atoms with Gasteiger partial charge in [-0.15, -0.1) is 11.8 Å². The Hall–Kier alpha value is -0.0600. The molecule has 0 bridgehead atoms.